The summed E-state index contributed by atoms with van der Waals surface area (Å²) in [6, 6.07) is 91.7. The van der Waals surface area contributed by atoms with Crippen LogP contribution in [0.15, 0.2) is 255 Å². The third-order valence-corrected chi connectivity index (χ3v) is 12.2. The van der Waals surface area contributed by atoms with Gasteiger partial charge >= 0.3 is 0 Å². The first-order chi connectivity index (χ1) is 31.7. The van der Waals surface area contributed by atoms with Gasteiger partial charge in [0.1, 0.15) is 0 Å². The monoisotopic (exact) mass is 816 g/mol. The molecule has 0 N–H and O–H groups in total. The van der Waals surface area contributed by atoms with Gasteiger partial charge in [-0.05, 0) is 122 Å². The quantitative estimate of drug-likeness (QED) is 0.127. The molecule has 2 heteroatoms. The SMILES string of the molecule is C(=Cc1ccc2cc(N(c3ccc(-c4ccccc4)cc3)c3cccc4ccccc34)ccc2c1)c1ccc(N(c2ccc(-c3ccccc3)cc2)c2cccc3ccccc23)cc1. The molecule has 11 aromatic carbocycles. The van der Waals surface area contributed by atoms with Gasteiger partial charge in [0.25, 0.3) is 0 Å². The highest BCUT2D eigenvalue weighted by atomic mass is 15.1. The minimum absolute atomic E-state index is 1.10. The van der Waals surface area contributed by atoms with Crippen LogP contribution in [0.4, 0.5) is 34.1 Å². The van der Waals surface area contributed by atoms with Crippen molar-refractivity contribution >= 4 is 78.6 Å². The molecule has 0 aliphatic rings. The summed E-state index contributed by atoms with van der Waals surface area (Å²) in [5.74, 6) is 0. The normalized spacial score (nSPS) is 11.4. The second-order valence-electron chi connectivity index (χ2n) is 16.2. The van der Waals surface area contributed by atoms with Gasteiger partial charge < -0.3 is 9.80 Å². The molecular formula is C62H44N2. The molecule has 11 aromatic rings. The van der Waals surface area contributed by atoms with Gasteiger partial charge in [-0.3, -0.25) is 0 Å². The van der Waals surface area contributed by atoms with Crippen molar-refractivity contribution in [1.29, 1.82) is 0 Å². The van der Waals surface area contributed by atoms with E-state index in [1.54, 1.807) is 0 Å². The molecule has 0 unspecified atom stereocenters. The zero-order chi connectivity index (χ0) is 42.7. The van der Waals surface area contributed by atoms with E-state index in [2.05, 4.69) is 277 Å². The first-order valence-electron chi connectivity index (χ1n) is 21.9. The number of hydrogen-bond acceptors (Lipinski definition) is 2. The van der Waals surface area contributed by atoms with E-state index in [-0.39, 0.29) is 0 Å². The van der Waals surface area contributed by atoms with E-state index in [1.165, 1.54) is 54.6 Å². The lowest BCUT2D eigenvalue weighted by atomic mass is 10.0. The second-order valence-corrected chi connectivity index (χ2v) is 16.2. The number of benzene rings is 11. The predicted octanol–water partition coefficient (Wildman–Crippen LogP) is 17.6. The highest BCUT2D eigenvalue weighted by Crippen LogP contribution is 2.42. The van der Waals surface area contributed by atoms with E-state index in [0.29, 0.717) is 0 Å². The third kappa shape index (κ3) is 7.70. The van der Waals surface area contributed by atoms with Crippen molar-refractivity contribution in [2.75, 3.05) is 9.80 Å². The minimum atomic E-state index is 1.10. The van der Waals surface area contributed by atoms with E-state index in [4.69, 9.17) is 0 Å². The lowest BCUT2D eigenvalue weighted by Crippen LogP contribution is -2.10. The Morgan fingerprint density at radius 2 is 0.609 bits per heavy atom. The maximum absolute atomic E-state index is 2.38. The second kappa shape index (κ2) is 17.1. The fourth-order valence-electron chi connectivity index (χ4n) is 8.95. The summed E-state index contributed by atoms with van der Waals surface area (Å²) >= 11 is 0. The van der Waals surface area contributed by atoms with E-state index in [1.807, 2.05) is 0 Å². The van der Waals surface area contributed by atoms with Crippen LogP contribution in [0.1, 0.15) is 11.1 Å². The summed E-state index contributed by atoms with van der Waals surface area (Å²) in [4.78, 5) is 4.75. The lowest BCUT2D eigenvalue weighted by molar-refractivity contribution is 1.30. The molecule has 64 heavy (non-hydrogen) atoms. The van der Waals surface area contributed by atoms with Crippen LogP contribution in [0.2, 0.25) is 0 Å². The maximum atomic E-state index is 2.38. The zero-order valence-electron chi connectivity index (χ0n) is 35.3. The summed E-state index contributed by atoms with van der Waals surface area (Å²) in [5, 5.41) is 7.24. The van der Waals surface area contributed by atoms with Gasteiger partial charge in [-0.15, -0.1) is 0 Å². The number of hydrogen-bond donors (Lipinski definition) is 0. The lowest BCUT2D eigenvalue weighted by Gasteiger charge is -2.27. The Morgan fingerprint density at radius 1 is 0.234 bits per heavy atom. The summed E-state index contributed by atoms with van der Waals surface area (Å²) in [6.07, 6.45) is 4.42. The summed E-state index contributed by atoms with van der Waals surface area (Å²) in [7, 11) is 0. The van der Waals surface area contributed by atoms with Crippen molar-refractivity contribution in [2.24, 2.45) is 0 Å². The van der Waals surface area contributed by atoms with Gasteiger partial charge in [-0.2, -0.15) is 0 Å². The van der Waals surface area contributed by atoms with Crippen LogP contribution in [0, 0.1) is 0 Å². The topological polar surface area (TPSA) is 6.48 Å². The van der Waals surface area contributed by atoms with Crippen LogP contribution < -0.4 is 9.80 Å². The molecule has 0 saturated carbocycles. The molecule has 0 bridgehead atoms. The van der Waals surface area contributed by atoms with Crippen LogP contribution in [0.25, 0.3) is 66.7 Å². The standard InChI is InChI=1S/C62H44N2/c1-3-13-47(14-4-1)49-31-38-56(39-32-49)63(61-23-11-19-51-17-7-9-21-59(51)61)55-36-28-45(29-37-55)25-26-46-27-30-54-44-58(42-35-53(54)43-46)64(62-24-12-20-52-18-8-10-22-60(52)62)57-40-33-50(34-41-57)48-15-5-2-6-16-48/h1-44H. The first kappa shape index (κ1) is 38.5. The van der Waals surface area contributed by atoms with Gasteiger partial charge in [0.2, 0.25) is 0 Å². The van der Waals surface area contributed by atoms with Crippen LogP contribution >= 0.6 is 0 Å². The molecule has 0 radical (unpaired) electrons. The highest BCUT2D eigenvalue weighted by Gasteiger charge is 2.18. The van der Waals surface area contributed by atoms with Gasteiger partial charge in [-0.25, -0.2) is 0 Å². The predicted molar refractivity (Wildman–Crippen MR) is 275 cm³/mol. The Hall–Kier alpha value is -8.46. The minimum Gasteiger partial charge on any atom is -0.310 e. The van der Waals surface area contributed by atoms with Crippen molar-refractivity contribution in [3.63, 3.8) is 0 Å². The Kier molecular flexibility index (Phi) is 10.3. The van der Waals surface area contributed by atoms with Crippen molar-refractivity contribution in [3.8, 4) is 22.3 Å². The van der Waals surface area contributed by atoms with Gasteiger partial charge in [0.05, 0.1) is 11.4 Å². The Balaban J connectivity index is 0.890. The number of fused-ring (bicyclic) bond motifs is 3. The Bertz CT molecular complexity index is 3400. The fraction of sp³-hybridized carbons (Fsp3) is 0. The molecule has 0 saturated heterocycles. The average Bonchev–Trinajstić information content (AvgIpc) is 3.37. The van der Waals surface area contributed by atoms with Crippen molar-refractivity contribution in [1.82, 2.24) is 0 Å². The summed E-state index contributed by atoms with van der Waals surface area (Å²) in [6.45, 7) is 0. The van der Waals surface area contributed by atoms with Gasteiger partial charge in [0, 0.05) is 33.5 Å². The van der Waals surface area contributed by atoms with Crippen molar-refractivity contribution in [2.45, 2.75) is 0 Å². The molecule has 2 nitrogen and oxygen atoms in total. The van der Waals surface area contributed by atoms with Crippen molar-refractivity contribution in [3.05, 3.63) is 266 Å². The van der Waals surface area contributed by atoms with Crippen LogP contribution in [-0.2, 0) is 0 Å². The molecule has 0 aliphatic heterocycles. The Labute approximate surface area is 374 Å². The summed E-state index contributed by atoms with van der Waals surface area (Å²) in [5.41, 5.74) is 13.9. The van der Waals surface area contributed by atoms with Crippen LogP contribution in [0.5, 0.6) is 0 Å². The van der Waals surface area contributed by atoms with E-state index in [0.717, 1.165) is 45.3 Å². The number of anilines is 6. The molecule has 0 atom stereocenters. The highest BCUT2D eigenvalue weighted by molar-refractivity contribution is 6.01. The molecule has 0 aliphatic carbocycles. The molecule has 0 spiro atoms. The first-order valence-corrected chi connectivity index (χ1v) is 21.9. The molecule has 0 heterocycles. The molecule has 0 fully saturated rings. The molecule has 302 valence electrons. The zero-order valence-corrected chi connectivity index (χ0v) is 35.3. The molecule has 11 rings (SSSR count). The fourth-order valence-corrected chi connectivity index (χ4v) is 8.95. The van der Waals surface area contributed by atoms with Gasteiger partial charge in [0.15, 0.2) is 0 Å². The third-order valence-electron chi connectivity index (χ3n) is 12.2. The summed E-state index contributed by atoms with van der Waals surface area (Å²) < 4.78 is 0. The van der Waals surface area contributed by atoms with Crippen molar-refractivity contribution < 1.29 is 0 Å². The Morgan fingerprint density at radius 3 is 1.16 bits per heavy atom. The average molecular weight is 817 g/mol. The number of nitrogens with zero attached hydrogens (tertiary/aromatic N) is 2. The van der Waals surface area contributed by atoms with Crippen LogP contribution in [-0.4, -0.2) is 0 Å². The van der Waals surface area contributed by atoms with E-state index >= 15 is 0 Å². The number of rotatable bonds is 10. The smallest absolute Gasteiger partial charge is 0.0540 e. The van der Waals surface area contributed by atoms with Gasteiger partial charge in [-0.1, -0.05) is 200 Å². The van der Waals surface area contributed by atoms with E-state index in [9.17, 15) is 0 Å². The largest absolute Gasteiger partial charge is 0.310 e. The molecule has 0 amide bonds. The van der Waals surface area contributed by atoms with E-state index < -0.39 is 0 Å². The maximum Gasteiger partial charge on any atom is 0.0540 e. The van der Waals surface area contributed by atoms with Crippen LogP contribution in [0.3, 0.4) is 0 Å². The molecule has 0 aromatic heterocycles. The molecular weight excluding hydrogens is 773 g/mol.